The Bertz CT molecular complexity index is 1020. The van der Waals surface area contributed by atoms with Crippen LogP contribution in [0.15, 0.2) is 41.4 Å². The summed E-state index contributed by atoms with van der Waals surface area (Å²) < 4.78 is 6.05. The normalized spacial score (nSPS) is 25.3. The number of ketones is 1. The van der Waals surface area contributed by atoms with E-state index in [-0.39, 0.29) is 23.1 Å². The van der Waals surface area contributed by atoms with Crippen LogP contribution >= 0.6 is 0 Å². The van der Waals surface area contributed by atoms with E-state index in [0.717, 1.165) is 5.56 Å². The quantitative estimate of drug-likeness (QED) is 0.367. The Balaban J connectivity index is 2.00. The number of aliphatic hydroxyl groups is 1. The van der Waals surface area contributed by atoms with Crippen LogP contribution in [-0.2, 0) is 11.3 Å². The number of nitrogen functional groups attached to an aromatic ring is 1. The summed E-state index contributed by atoms with van der Waals surface area (Å²) in [5.74, 6) is -1.63. The highest BCUT2D eigenvalue weighted by Crippen LogP contribution is 2.59. The zero-order valence-electron chi connectivity index (χ0n) is 16.1. The lowest BCUT2D eigenvalue weighted by molar-refractivity contribution is -0.167. The second kappa shape index (κ2) is 5.97. The maximum atomic E-state index is 13.7. The number of anilines is 1. The smallest absolute Gasteiger partial charge is 0.271 e. The summed E-state index contributed by atoms with van der Waals surface area (Å²) in [5, 5.41) is 14.7. The van der Waals surface area contributed by atoms with Gasteiger partial charge in [0.2, 0.25) is 11.3 Å². The molecule has 2 aromatic rings. The van der Waals surface area contributed by atoms with Crippen LogP contribution in [0.4, 0.5) is 5.69 Å². The van der Waals surface area contributed by atoms with Crippen molar-refractivity contribution >= 4 is 17.4 Å². The molecule has 2 aromatic carbocycles. The average Bonchev–Trinajstić information content (AvgIpc) is 2.99. The zero-order chi connectivity index (χ0) is 20.3. The molecule has 0 radical (unpaired) electrons. The maximum Gasteiger partial charge on any atom is 0.271 e. The zero-order valence-corrected chi connectivity index (χ0v) is 16.1. The number of hydrogen-bond acceptors (Lipinski definition) is 5. The Kier molecular flexibility index (Phi) is 3.90. The third-order valence-electron chi connectivity index (χ3n) is 5.52. The van der Waals surface area contributed by atoms with Gasteiger partial charge < -0.3 is 26.6 Å². The highest BCUT2D eigenvalue weighted by atomic mass is 16.6. The summed E-state index contributed by atoms with van der Waals surface area (Å²) in [6, 6.07) is 10.5. The van der Waals surface area contributed by atoms with Crippen LogP contribution in [0.2, 0.25) is 0 Å². The Morgan fingerprint density at radius 3 is 2.71 bits per heavy atom. The van der Waals surface area contributed by atoms with Gasteiger partial charge in [0.15, 0.2) is 5.96 Å². The summed E-state index contributed by atoms with van der Waals surface area (Å²) in [6.07, 6.45) is 0. The number of rotatable bonds is 3. The molecule has 6 N–H and O–H groups in total. The van der Waals surface area contributed by atoms with Crippen molar-refractivity contribution in [2.45, 2.75) is 38.0 Å². The second-order valence-corrected chi connectivity index (χ2v) is 7.49. The van der Waals surface area contributed by atoms with Crippen molar-refractivity contribution in [2.75, 3.05) is 12.3 Å². The molecule has 2 atom stereocenters. The van der Waals surface area contributed by atoms with Gasteiger partial charge in [0.05, 0.1) is 5.56 Å². The number of hydrogen-bond donors (Lipinski definition) is 4. The lowest BCUT2D eigenvalue weighted by Gasteiger charge is -2.34. The van der Waals surface area contributed by atoms with Gasteiger partial charge in [0.1, 0.15) is 5.75 Å². The van der Waals surface area contributed by atoms with E-state index >= 15 is 0 Å². The highest BCUT2D eigenvalue weighted by molar-refractivity contribution is 6.15. The van der Waals surface area contributed by atoms with Gasteiger partial charge in [-0.2, -0.15) is 0 Å². The largest absolute Gasteiger partial charge is 0.454 e. The predicted molar refractivity (Wildman–Crippen MR) is 107 cm³/mol. The van der Waals surface area contributed by atoms with Gasteiger partial charge in [0, 0.05) is 23.4 Å². The van der Waals surface area contributed by atoms with Crippen LogP contribution in [0.5, 0.6) is 5.75 Å². The maximum absolute atomic E-state index is 13.7. The van der Waals surface area contributed by atoms with Crippen LogP contribution in [0.1, 0.15) is 53.7 Å². The third kappa shape index (κ3) is 2.13. The summed E-state index contributed by atoms with van der Waals surface area (Å²) in [7, 11) is 0. The predicted octanol–water partition coefficient (Wildman–Crippen LogP) is 1.95. The van der Waals surface area contributed by atoms with Gasteiger partial charge in [-0.25, -0.2) is 0 Å². The minimum atomic E-state index is -1.99. The molecule has 0 amide bonds. The minimum Gasteiger partial charge on any atom is -0.454 e. The molecule has 7 heteroatoms. The van der Waals surface area contributed by atoms with Crippen LogP contribution in [0, 0.1) is 0 Å². The standard InChI is InChI=1S/C21H24N4O3/c1-4-24-19(23)25-20-13-9-8-12(11(2)3)10-16(13)28-21(20,27)14-6-5-7-15(22)17(14)18(20)26/h5-11,27H,4,22H2,1-3H3,(H3,23,24,25). The number of nitrogens with zero attached hydrogens (tertiary/aromatic N) is 1. The molecule has 28 heavy (non-hydrogen) atoms. The fraction of sp³-hybridized carbons (Fsp3) is 0.333. The number of fused-ring (bicyclic) bond motifs is 5. The summed E-state index contributed by atoms with van der Waals surface area (Å²) >= 11 is 0. The number of nitrogens with one attached hydrogen (secondary N) is 1. The molecule has 0 aromatic heterocycles. The molecule has 7 nitrogen and oxygen atoms in total. The van der Waals surface area contributed by atoms with Gasteiger partial charge in [-0.05, 0) is 30.5 Å². The highest BCUT2D eigenvalue weighted by Gasteiger charge is 2.71. The Morgan fingerprint density at radius 2 is 2.04 bits per heavy atom. The van der Waals surface area contributed by atoms with E-state index in [4.69, 9.17) is 16.2 Å². The third-order valence-corrected chi connectivity index (χ3v) is 5.52. The fourth-order valence-corrected chi connectivity index (χ4v) is 4.15. The van der Waals surface area contributed by atoms with E-state index in [1.165, 1.54) is 0 Å². The van der Waals surface area contributed by atoms with Gasteiger partial charge in [-0.3, -0.25) is 9.79 Å². The topological polar surface area (TPSA) is 123 Å². The van der Waals surface area contributed by atoms with Crippen molar-refractivity contribution in [1.82, 2.24) is 5.32 Å². The summed E-state index contributed by atoms with van der Waals surface area (Å²) in [5.41, 5.74) is 12.8. The monoisotopic (exact) mass is 380 g/mol. The van der Waals surface area contributed by atoms with E-state index in [1.807, 2.05) is 19.1 Å². The molecule has 0 bridgehead atoms. The number of nitrogens with two attached hydrogens (primary N) is 2. The molecule has 2 aliphatic rings. The molecule has 0 saturated heterocycles. The van der Waals surface area contributed by atoms with Crippen LogP contribution in [0.3, 0.4) is 0 Å². The van der Waals surface area contributed by atoms with Crippen LogP contribution in [0.25, 0.3) is 0 Å². The number of carbonyl (C=O) groups excluding carboxylic acids is 1. The van der Waals surface area contributed by atoms with Gasteiger partial charge >= 0.3 is 0 Å². The lowest BCUT2D eigenvalue weighted by atomic mass is 9.82. The molecule has 0 fully saturated rings. The number of ether oxygens (including phenoxy) is 1. The Morgan fingerprint density at radius 1 is 1.29 bits per heavy atom. The molecular formula is C21H24N4O3. The number of guanidine groups is 1. The first kappa shape index (κ1) is 18.3. The molecule has 1 aliphatic heterocycles. The van der Waals surface area contributed by atoms with Gasteiger partial charge in [0.25, 0.3) is 5.79 Å². The number of Topliss-reactive ketones (excluding diaryl/α,β-unsaturated/α-hetero) is 1. The Hall–Kier alpha value is -3.06. The number of aliphatic imine (C=N–C) groups is 1. The van der Waals surface area contributed by atoms with Crippen LogP contribution < -0.4 is 21.5 Å². The number of benzene rings is 2. The first-order chi connectivity index (χ1) is 13.3. The number of carbonyl (C=O) groups is 1. The van der Waals surface area contributed by atoms with Crippen molar-refractivity contribution in [3.05, 3.63) is 58.7 Å². The molecule has 4 rings (SSSR count). The van der Waals surface area contributed by atoms with E-state index < -0.39 is 17.1 Å². The second-order valence-electron chi connectivity index (χ2n) is 7.49. The van der Waals surface area contributed by atoms with Crippen molar-refractivity contribution in [3.63, 3.8) is 0 Å². The average molecular weight is 380 g/mol. The fourth-order valence-electron chi connectivity index (χ4n) is 4.15. The SMILES string of the molecule is CCN=C(N)NC12C(=O)c3c(N)cccc3C1(O)Oc1cc(C(C)C)ccc12. The first-order valence-electron chi connectivity index (χ1n) is 9.34. The molecule has 1 aliphatic carbocycles. The molecule has 1 heterocycles. The van der Waals surface area contributed by atoms with E-state index in [2.05, 4.69) is 24.2 Å². The van der Waals surface area contributed by atoms with Gasteiger partial charge in [-0.1, -0.05) is 38.1 Å². The minimum absolute atomic E-state index is 0.0463. The molecule has 0 spiro atoms. The van der Waals surface area contributed by atoms with Crippen molar-refractivity contribution in [2.24, 2.45) is 10.7 Å². The van der Waals surface area contributed by atoms with Gasteiger partial charge in [-0.15, -0.1) is 0 Å². The van der Waals surface area contributed by atoms with Crippen molar-refractivity contribution < 1.29 is 14.6 Å². The van der Waals surface area contributed by atoms with Crippen molar-refractivity contribution in [3.8, 4) is 5.75 Å². The molecule has 146 valence electrons. The summed E-state index contributed by atoms with van der Waals surface area (Å²) in [6.45, 7) is 6.38. The Labute approximate surface area is 163 Å². The molecule has 0 saturated carbocycles. The molecule has 2 unspecified atom stereocenters. The molecular weight excluding hydrogens is 356 g/mol. The van der Waals surface area contributed by atoms with E-state index in [9.17, 15) is 9.90 Å². The van der Waals surface area contributed by atoms with E-state index in [1.54, 1.807) is 24.3 Å². The first-order valence-corrected chi connectivity index (χ1v) is 9.34. The van der Waals surface area contributed by atoms with Crippen molar-refractivity contribution in [1.29, 1.82) is 0 Å². The lowest BCUT2D eigenvalue weighted by Crippen LogP contribution is -2.61. The van der Waals surface area contributed by atoms with Crippen LogP contribution in [-0.4, -0.2) is 23.4 Å². The summed E-state index contributed by atoms with van der Waals surface area (Å²) in [4.78, 5) is 17.8. The van der Waals surface area contributed by atoms with E-state index in [0.29, 0.717) is 23.4 Å².